The van der Waals surface area contributed by atoms with Gasteiger partial charge in [0, 0.05) is 31.7 Å². The smallest absolute Gasteiger partial charge is 0.156 e. The van der Waals surface area contributed by atoms with Crippen molar-refractivity contribution in [2.24, 2.45) is 0 Å². The monoisotopic (exact) mass is 688 g/mol. The predicted octanol–water partition coefficient (Wildman–Crippen LogP) is 8.85. The van der Waals surface area contributed by atoms with Crippen LogP contribution in [0.15, 0.2) is 12.1 Å². The molecule has 0 radical (unpaired) electrons. The highest BCUT2D eigenvalue weighted by Gasteiger charge is 2.45. The Balaban J connectivity index is 1.55. The highest BCUT2D eigenvalue weighted by Crippen LogP contribution is 2.62. The van der Waals surface area contributed by atoms with Gasteiger partial charge in [0.25, 0.3) is 0 Å². The number of fused-ring (bicyclic) bond motifs is 10. The van der Waals surface area contributed by atoms with Gasteiger partial charge in [-0.05, 0) is 79.6 Å². The molecule has 0 aliphatic heterocycles. The first-order valence-electron chi connectivity index (χ1n) is 9.56. The minimum atomic E-state index is 0.00270. The van der Waals surface area contributed by atoms with Crippen molar-refractivity contribution in [3.63, 3.8) is 0 Å². The van der Waals surface area contributed by atoms with Crippen LogP contribution in [0.1, 0.15) is 49.9 Å². The van der Waals surface area contributed by atoms with Gasteiger partial charge in [-0.25, -0.2) is 9.97 Å². The number of aromatic nitrogens is 2. The van der Waals surface area contributed by atoms with E-state index in [1.165, 1.54) is 62.2 Å². The third kappa shape index (κ3) is 2.19. The molecule has 30 heavy (non-hydrogen) atoms. The van der Waals surface area contributed by atoms with Gasteiger partial charge in [0.15, 0.2) is 6.03 Å². The lowest BCUT2D eigenvalue weighted by Crippen LogP contribution is -2.17. The van der Waals surface area contributed by atoms with E-state index in [4.69, 9.17) is 9.97 Å². The molecule has 7 rings (SSSR count). The number of thiazole rings is 2. The summed E-state index contributed by atoms with van der Waals surface area (Å²) < 4.78 is 5.04. The highest BCUT2D eigenvalue weighted by molar-refractivity contribution is 14.1. The second-order valence-electron chi connectivity index (χ2n) is 9.01. The zero-order valence-corrected chi connectivity index (χ0v) is 24.0. The predicted molar refractivity (Wildman–Crippen MR) is 149 cm³/mol. The molecule has 1 aromatic carbocycles. The minimum Gasteiger partial charge on any atom is -0.219 e. The van der Waals surface area contributed by atoms with Crippen molar-refractivity contribution in [3.8, 4) is 20.9 Å². The number of halogens is 2. The summed E-state index contributed by atoms with van der Waals surface area (Å²) >= 11 is 12.1. The summed E-state index contributed by atoms with van der Waals surface area (Å²) in [5.41, 5.74) is 8.78. The standard InChI is InChI=1S/C22H14I2N2S4/c1-21(2)9-5-8-10(6-7(9)13-11(21)15-17(27-13)25-19(23)29-15)22(3,4)12-14(8)28-18-16(12)30-20(24)26-18/h5-6H,1-4H3. The van der Waals surface area contributed by atoms with E-state index in [2.05, 4.69) is 85.0 Å². The molecule has 2 nitrogen and oxygen atoms in total. The molecule has 0 saturated heterocycles. The van der Waals surface area contributed by atoms with Gasteiger partial charge in [-0.2, -0.15) is 0 Å². The van der Waals surface area contributed by atoms with Crippen LogP contribution in [0.25, 0.3) is 39.9 Å². The van der Waals surface area contributed by atoms with Gasteiger partial charge in [0.05, 0.1) is 9.40 Å². The third-order valence-corrected chi connectivity index (χ3v) is 12.7. The van der Waals surface area contributed by atoms with Crippen molar-refractivity contribution in [2.45, 2.75) is 38.5 Å². The van der Waals surface area contributed by atoms with E-state index in [9.17, 15) is 0 Å². The van der Waals surface area contributed by atoms with E-state index in [-0.39, 0.29) is 10.8 Å². The summed E-state index contributed by atoms with van der Waals surface area (Å²) in [6.45, 7) is 9.56. The van der Waals surface area contributed by atoms with Crippen molar-refractivity contribution in [2.75, 3.05) is 0 Å². The molecule has 2 aliphatic carbocycles. The van der Waals surface area contributed by atoms with Crippen molar-refractivity contribution < 1.29 is 0 Å². The Labute approximate surface area is 217 Å². The lowest BCUT2D eigenvalue weighted by molar-refractivity contribution is 0.659. The molecule has 2 aliphatic rings. The van der Waals surface area contributed by atoms with Gasteiger partial charge in [-0.15, -0.1) is 45.3 Å². The molecule has 150 valence electrons. The molecule has 8 heteroatoms. The first-order valence-corrected chi connectivity index (χ1v) is 15.0. The Morgan fingerprint density at radius 3 is 1.47 bits per heavy atom. The second kappa shape index (κ2) is 5.85. The van der Waals surface area contributed by atoms with Gasteiger partial charge >= 0.3 is 0 Å². The number of thiophene rings is 2. The number of nitrogens with zero attached hydrogens (tertiary/aromatic N) is 2. The summed E-state index contributed by atoms with van der Waals surface area (Å²) in [4.78, 5) is 14.9. The molecule has 0 spiro atoms. The molecule has 5 aromatic rings. The zero-order valence-electron chi connectivity index (χ0n) is 16.4. The summed E-state index contributed by atoms with van der Waals surface area (Å²) in [7, 11) is 0. The van der Waals surface area contributed by atoms with Gasteiger partial charge in [-0.1, -0.05) is 27.7 Å². The minimum absolute atomic E-state index is 0.00270. The van der Waals surface area contributed by atoms with E-state index in [0.717, 1.165) is 6.03 Å². The fourth-order valence-corrected chi connectivity index (χ4v) is 12.5. The quantitative estimate of drug-likeness (QED) is 0.152. The van der Waals surface area contributed by atoms with E-state index < -0.39 is 0 Å². The van der Waals surface area contributed by atoms with E-state index in [1.807, 2.05) is 45.3 Å². The van der Waals surface area contributed by atoms with Crippen LogP contribution in [0.4, 0.5) is 0 Å². The molecular weight excluding hydrogens is 674 g/mol. The van der Waals surface area contributed by atoms with Crippen molar-refractivity contribution >= 4 is 110 Å². The molecule has 0 N–H and O–H groups in total. The van der Waals surface area contributed by atoms with Crippen LogP contribution in [-0.4, -0.2) is 9.97 Å². The Bertz CT molecular complexity index is 1460. The Hall–Kier alpha value is -0.140. The van der Waals surface area contributed by atoms with Gasteiger partial charge in [0.1, 0.15) is 9.66 Å². The second-order valence-corrected chi connectivity index (χ2v) is 16.5. The molecule has 0 unspecified atom stereocenters. The topological polar surface area (TPSA) is 25.8 Å². The van der Waals surface area contributed by atoms with E-state index >= 15 is 0 Å². The Morgan fingerprint density at radius 2 is 1.07 bits per heavy atom. The molecule has 4 heterocycles. The van der Waals surface area contributed by atoms with Crippen LogP contribution in [-0.2, 0) is 10.8 Å². The number of rotatable bonds is 0. The molecule has 0 saturated carbocycles. The summed E-state index contributed by atoms with van der Waals surface area (Å²) in [6, 6.07) is 5.02. The molecule has 4 aromatic heterocycles. The number of hydrogen-bond acceptors (Lipinski definition) is 6. The maximum absolute atomic E-state index is 4.80. The first-order chi connectivity index (χ1) is 14.2. The normalized spacial score (nSPS) is 17.5. The van der Waals surface area contributed by atoms with Gasteiger partial charge < -0.3 is 0 Å². The Morgan fingerprint density at radius 1 is 0.667 bits per heavy atom. The maximum atomic E-state index is 4.80. The van der Waals surface area contributed by atoms with Crippen molar-refractivity contribution in [3.05, 3.63) is 40.4 Å². The first kappa shape index (κ1) is 19.3. The molecule has 0 atom stereocenters. The fourth-order valence-electron chi connectivity index (χ4n) is 5.31. The summed E-state index contributed by atoms with van der Waals surface area (Å²) in [6.07, 6.45) is 0. The summed E-state index contributed by atoms with van der Waals surface area (Å²) in [5.74, 6) is 0. The lowest BCUT2D eigenvalue weighted by Gasteiger charge is -2.24. The van der Waals surface area contributed by atoms with E-state index in [1.54, 1.807) is 0 Å². The zero-order chi connectivity index (χ0) is 20.7. The fraction of sp³-hybridized carbons (Fsp3) is 0.273. The average molecular weight is 688 g/mol. The molecule has 0 fully saturated rings. The number of benzene rings is 1. The van der Waals surface area contributed by atoms with Crippen molar-refractivity contribution in [1.29, 1.82) is 0 Å². The maximum Gasteiger partial charge on any atom is 0.156 e. The van der Waals surface area contributed by atoms with Crippen LogP contribution in [0, 0.1) is 6.03 Å². The largest absolute Gasteiger partial charge is 0.219 e. The molecule has 0 amide bonds. The van der Waals surface area contributed by atoms with E-state index in [0.29, 0.717) is 0 Å². The van der Waals surface area contributed by atoms with Crippen molar-refractivity contribution in [1.82, 2.24) is 9.97 Å². The summed E-state index contributed by atoms with van der Waals surface area (Å²) in [5, 5.41) is 0. The van der Waals surface area contributed by atoms with Crippen LogP contribution >= 0.6 is 90.5 Å². The average Bonchev–Trinajstić information content (AvgIpc) is 3.41. The third-order valence-electron chi connectivity index (χ3n) is 6.69. The van der Waals surface area contributed by atoms with Crippen LogP contribution < -0.4 is 0 Å². The SMILES string of the molecule is CC1(C)c2cc3c(cc2-c2sc4nc(I)sc4c21)C(C)(C)c1c-3sc2nc(I)sc12. The van der Waals surface area contributed by atoms with Gasteiger partial charge in [-0.3, -0.25) is 0 Å². The highest BCUT2D eigenvalue weighted by atomic mass is 127. The van der Waals surface area contributed by atoms with Crippen LogP contribution in [0.3, 0.4) is 0 Å². The number of hydrogen-bond donors (Lipinski definition) is 0. The molecule has 0 bridgehead atoms. The van der Waals surface area contributed by atoms with Gasteiger partial charge in [0.2, 0.25) is 0 Å². The lowest BCUT2D eigenvalue weighted by atomic mass is 9.79. The Kier molecular flexibility index (Phi) is 3.77. The molecular formula is C22H14I2N2S4. The van der Waals surface area contributed by atoms with Crippen LogP contribution in [0.5, 0.6) is 0 Å². The van der Waals surface area contributed by atoms with Crippen LogP contribution in [0.2, 0.25) is 0 Å².